The third-order valence-corrected chi connectivity index (χ3v) is 5.26. The summed E-state index contributed by atoms with van der Waals surface area (Å²) in [5, 5.41) is 0. The highest BCUT2D eigenvalue weighted by atomic mass is 32.2. The van der Waals surface area contributed by atoms with Gasteiger partial charge in [0.2, 0.25) is 0 Å². The minimum atomic E-state index is 1.15. The zero-order valence-electron chi connectivity index (χ0n) is 11.0. The van der Waals surface area contributed by atoms with Crippen LogP contribution in [0.25, 0.3) is 10.2 Å². The van der Waals surface area contributed by atoms with Gasteiger partial charge in [-0.05, 0) is 18.6 Å². The molecule has 2 rings (SSSR count). The van der Waals surface area contributed by atoms with E-state index in [2.05, 4.69) is 36.2 Å². The van der Waals surface area contributed by atoms with Gasteiger partial charge in [-0.2, -0.15) is 0 Å². The van der Waals surface area contributed by atoms with Crippen molar-refractivity contribution in [2.24, 2.45) is 0 Å². The zero-order chi connectivity index (χ0) is 12.6. The molecule has 0 saturated carbocycles. The molecule has 2 aromatic rings. The van der Waals surface area contributed by atoms with Gasteiger partial charge in [-0.25, -0.2) is 4.98 Å². The lowest BCUT2D eigenvalue weighted by Crippen LogP contribution is -1.82. The molecule has 3 heteroatoms. The predicted molar refractivity (Wildman–Crippen MR) is 83.7 cm³/mol. The summed E-state index contributed by atoms with van der Waals surface area (Å²) in [5.74, 6) is 1.21. The van der Waals surface area contributed by atoms with Crippen molar-refractivity contribution in [3.05, 3.63) is 24.3 Å². The molecule has 98 valence electrons. The van der Waals surface area contributed by atoms with Gasteiger partial charge in [0, 0.05) is 5.75 Å². The molecule has 0 aliphatic carbocycles. The highest BCUT2D eigenvalue weighted by Gasteiger charge is 2.02. The van der Waals surface area contributed by atoms with Crippen LogP contribution in [0.2, 0.25) is 0 Å². The van der Waals surface area contributed by atoms with E-state index in [1.807, 2.05) is 23.1 Å². The van der Waals surface area contributed by atoms with Gasteiger partial charge in [0.25, 0.3) is 0 Å². The van der Waals surface area contributed by atoms with Crippen LogP contribution >= 0.6 is 23.1 Å². The van der Waals surface area contributed by atoms with Gasteiger partial charge < -0.3 is 0 Å². The summed E-state index contributed by atoms with van der Waals surface area (Å²) >= 11 is 3.74. The summed E-state index contributed by atoms with van der Waals surface area (Å²) in [5.41, 5.74) is 1.15. The Morgan fingerprint density at radius 2 is 1.83 bits per heavy atom. The fourth-order valence-electron chi connectivity index (χ4n) is 1.95. The summed E-state index contributed by atoms with van der Waals surface area (Å²) in [7, 11) is 0. The Hall–Kier alpha value is -0.540. The second-order valence-electron chi connectivity index (χ2n) is 4.56. The largest absolute Gasteiger partial charge is 0.230 e. The molecule has 18 heavy (non-hydrogen) atoms. The van der Waals surface area contributed by atoms with Crippen LogP contribution in [-0.4, -0.2) is 10.7 Å². The molecule has 1 heterocycles. The Labute approximate surface area is 118 Å². The van der Waals surface area contributed by atoms with Crippen LogP contribution in [-0.2, 0) is 0 Å². The molecule has 0 spiro atoms. The molecule has 1 aromatic heterocycles. The van der Waals surface area contributed by atoms with Crippen LogP contribution in [0.5, 0.6) is 0 Å². The molecule has 0 radical (unpaired) electrons. The lowest BCUT2D eigenvalue weighted by molar-refractivity contribution is 0.627. The van der Waals surface area contributed by atoms with Crippen LogP contribution in [0.4, 0.5) is 0 Å². The number of thiazole rings is 1. The van der Waals surface area contributed by atoms with Gasteiger partial charge >= 0.3 is 0 Å². The van der Waals surface area contributed by atoms with Gasteiger partial charge in [-0.3, -0.25) is 0 Å². The first-order chi connectivity index (χ1) is 8.90. The van der Waals surface area contributed by atoms with Crippen molar-refractivity contribution >= 4 is 33.3 Å². The normalized spacial score (nSPS) is 11.2. The lowest BCUT2D eigenvalue weighted by Gasteiger charge is -1.99. The van der Waals surface area contributed by atoms with E-state index in [0.29, 0.717) is 0 Å². The molecule has 0 aliphatic rings. The summed E-state index contributed by atoms with van der Waals surface area (Å²) in [4.78, 5) is 4.64. The molecule has 1 nitrogen and oxygen atoms in total. The molecule has 0 unspecified atom stereocenters. The van der Waals surface area contributed by atoms with E-state index in [0.717, 1.165) is 5.52 Å². The maximum atomic E-state index is 4.64. The van der Waals surface area contributed by atoms with Crippen LogP contribution < -0.4 is 0 Å². The number of para-hydroxylation sites is 1. The molecule has 0 atom stereocenters. The first-order valence-corrected chi connectivity index (χ1v) is 8.68. The summed E-state index contributed by atoms with van der Waals surface area (Å²) < 4.78 is 2.53. The van der Waals surface area contributed by atoms with Gasteiger partial charge in [0.05, 0.1) is 10.2 Å². The van der Waals surface area contributed by atoms with E-state index in [9.17, 15) is 0 Å². The molecular formula is C15H21NS2. The van der Waals surface area contributed by atoms with E-state index in [1.54, 1.807) is 0 Å². The predicted octanol–water partition coefficient (Wildman–Crippen LogP) is 5.75. The topological polar surface area (TPSA) is 12.9 Å². The van der Waals surface area contributed by atoms with Gasteiger partial charge in [0.15, 0.2) is 4.34 Å². The third kappa shape index (κ3) is 4.29. The van der Waals surface area contributed by atoms with E-state index in [-0.39, 0.29) is 0 Å². The number of unbranched alkanes of at least 4 members (excludes halogenated alkanes) is 5. The quantitative estimate of drug-likeness (QED) is 0.451. The van der Waals surface area contributed by atoms with Gasteiger partial charge in [-0.15, -0.1) is 11.3 Å². The highest BCUT2D eigenvalue weighted by Crippen LogP contribution is 2.29. The number of fused-ring (bicyclic) bond motifs is 1. The SMILES string of the molecule is CCCCCCCCSc1nc2ccccc2s1. The average molecular weight is 279 g/mol. The van der Waals surface area contributed by atoms with Crippen molar-refractivity contribution in [1.82, 2.24) is 4.98 Å². The van der Waals surface area contributed by atoms with E-state index in [1.165, 1.54) is 53.3 Å². The number of hydrogen-bond acceptors (Lipinski definition) is 3. The Bertz CT molecular complexity index is 431. The Morgan fingerprint density at radius 3 is 2.67 bits per heavy atom. The standard InChI is InChI=1S/C15H21NS2/c1-2-3-4-5-6-9-12-17-15-16-13-10-7-8-11-14(13)18-15/h7-8,10-11H,2-6,9,12H2,1H3. The van der Waals surface area contributed by atoms with E-state index >= 15 is 0 Å². The maximum absolute atomic E-state index is 4.64. The Balaban J connectivity index is 1.67. The third-order valence-electron chi connectivity index (χ3n) is 3.00. The van der Waals surface area contributed by atoms with Crippen molar-refractivity contribution in [3.63, 3.8) is 0 Å². The molecule has 0 amide bonds. The minimum absolute atomic E-state index is 1.15. The molecule has 0 bridgehead atoms. The second kappa shape index (κ2) is 7.80. The lowest BCUT2D eigenvalue weighted by atomic mass is 10.1. The Morgan fingerprint density at radius 1 is 1.06 bits per heavy atom. The molecule has 0 saturated heterocycles. The maximum Gasteiger partial charge on any atom is 0.151 e. The van der Waals surface area contributed by atoms with Crippen molar-refractivity contribution in [2.45, 2.75) is 49.8 Å². The number of aromatic nitrogens is 1. The van der Waals surface area contributed by atoms with Crippen LogP contribution in [0.3, 0.4) is 0 Å². The molecule has 0 N–H and O–H groups in total. The smallest absolute Gasteiger partial charge is 0.151 e. The minimum Gasteiger partial charge on any atom is -0.230 e. The number of hydrogen-bond donors (Lipinski definition) is 0. The monoisotopic (exact) mass is 279 g/mol. The fourth-order valence-corrected chi connectivity index (χ4v) is 4.09. The number of rotatable bonds is 8. The first-order valence-electron chi connectivity index (χ1n) is 6.88. The molecule has 0 fully saturated rings. The van der Waals surface area contributed by atoms with Crippen molar-refractivity contribution in [3.8, 4) is 0 Å². The van der Waals surface area contributed by atoms with Crippen LogP contribution in [0, 0.1) is 0 Å². The zero-order valence-corrected chi connectivity index (χ0v) is 12.7. The highest BCUT2D eigenvalue weighted by molar-refractivity contribution is 8.01. The summed E-state index contributed by atoms with van der Waals surface area (Å²) in [6, 6.07) is 8.40. The van der Waals surface area contributed by atoms with Crippen LogP contribution in [0.15, 0.2) is 28.6 Å². The number of nitrogens with zero attached hydrogens (tertiary/aromatic N) is 1. The van der Waals surface area contributed by atoms with E-state index in [4.69, 9.17) is 0 Å². The van der Waals surface area contributed by atoms with Crippen LogP contribution in [0.1, 0.15) is 45.4 Å². The summed E-state index contributed by atoms with van der Waals surface area (Å²) in [6.45, 7) is 2.27. The molecular weight excluding hydrogens is 258 g/mol. The van der Waals surface area contributed by atoms with Crippen molar-refractivity contribution in [2.75, 3.05) is 5.75 Å². The number of thioether (sulfide) groups is 1. The second-order valence-corrected chi connectivity index (χ2v) is 6.94. The van der Waals surface area contributed by atoms with Gasteiger partial charge in [-0.1, -0.05) is 62.9 Å². The van der Waals surface area contributed by atoms with E-state index < -0.39 is 0 Å². The van der Waals surface area contributed by atoms with Crippen molar-refractivity contribution < 1.29 is 0 Å². The Kier molecular flexibility index (Phi) is 6.01. The molecule has 0 aliphatic heterocycles. The van der Waals surface area contributed by atoms with Crippen molar-refractivity contribution in [1.29, 1.82) is 0 Å². The fraction of sp³-hybridized carbons (Fsp3) is 0.533. The first kappa shape index (κ1) is 13.9. The number of benzene rings is 1. The summed E-state index contributed by atoms with van der Waals surface area (Å²) in [6.07, 6.45) is 8.23. The average Bonchev–Trinajstić information content (AvgIpc) is 2.80. The van der Waals surface area contributed by atoms with Gasteiger partial charge in [0.1, 0.15) is 0 Å². The molecule has 1 aromatic carbocycles.